The Balaban J connectivity index is 1.46. The Bertz CT molecular complexity index is 1360. The summed E-state index contributed by atoms with van der Waals surface area (Å²) in [5.74, 6) is 1.39. The number of ether oxygens (including phenoxy) is 1. The Hall–Kier alpha value is -3.92. The summed E-state index contributed by atoms with van der Waals surface area (Å²) in [4.78, 5) is 23.6. The summed E-state index contributed by atoms with van der Waals surface area (Å²) in [7, 11) is 1.38. The van der Waals surface area contributed by atoms with E-state index in [0.717, 1.165) is 47.5 Å². The Morgan fingerprint density at radius 1 is 1.32 bits per heavy atom. The summed E-state index contributed by atoms with van der Waals surface area (Å²) in [5, 5.41) is 17.5. The zero-order valence-electron chi connectivity index (χ0n) is 19.4. The van der Waals surface area contributed by atoms with Crippen LogP contribution in [-0.4, -0.2) is 61.5 Å². The van der Waals surface area contributed by atoms with Crippen molar-refractivity contribution >= 4 is 29.1 Å². The van der Waals surface area contributed by atoms with Crippen molar-refractivity contribution in [2.24, 2.45) is 0 Å². The molecule has 1 aliphatic rings. The van der Waals surface area contributed by atoms with Crippen molar-refractivity contribution in [1.29, 1.82) is 0 Å². The van der Waals surface area contributed by atoms with Gasteiger partial charge in [0.05, 0.1) is 31.5 Å². The van der Waals surface area contributed by atoms with Crippen LogP contribution in [0.2, 0.25) is 0 Å². The normalized spacial score (nSPS) is 15.8. The van der Waals surface area contributed by atoms with Crippen LogP contribution in [0.4, 0.5) is 17.6 Å². The average Bonchev–Trinajstić information content (AvgIpc) is 3.60. The molecule has 34 heavy (non-hydrogen) atoms. The van der Waals surface area contributed by atoms with Gasteiger partial charge in [-0.25, -0.2) is 14.3 Å². The molecule has 2 N–H and O–H groups in total. The number of hydrogen-bond acceptors (Lipinski definition) is 8. The number of methoxy groups -OCH3 is 1. The van der Waals surface area contributed by atoms with Gasteiger partial charge in [-0.1, -0.05) is 0 Å². The minimum atomic E-state index is -0.370. The van der Waals surface area contributed by atoms with Crippen molar-refractivity contribution in [3.8, 4) is 5.69 Å². The molecule has 1 saturated heterocycles. The zero-order chi connectivity index (χ0) is 23.8. The van der Waals surface area contributed by atoms with Crippen LogP contribution in [0.5, 0.6) is 0 Å². The number of carbonyl (C=O) groups excluding carboxylic acids is 1. The molecule has 0 amide bonds. The molecule has 1 atom stereocenters. The molecule has 0 radical (unpaired) electrons. The van der Waals surface area contributed by atoms with Gasteiger partial charge in [0.15, 0.2) is 11.6 Å². The number of aromatic nitrogens is 5. The minimum absolute atomic E-state index is 0.0504. The van der Waals surface area contributed by atoms with Gasteiger partial charge >= 0.3 is 5.97 Å². The molecule has 0 unspecified atom stereocenters. The summed E-state index contributed by atoms with van der Waals surface area (Å²) >= 11 is 0. The third kappa shape index (κ3) is 3.86. The number of rotatable bonds is 6. The molecular formula is C24H27N7O3. The van der Waals surface area contributed by atoms with Crippen LogP contribution in [0, 0.1) is 13.8 Å². The van der Waals surface area contributed by atoms with Gasteiger partial charge in [0.25, 0.3) is 0 Å². The first-order valence-corrected chi connectivity index (χ1v) is 11.2. The second kappa shape index (κ2) is 8.79. The van der Waals surface area contributed by atoms with Gasteiger partial charge in [-0.05, 0) is 62.1 Å². The number of aliphatic hydroxyl groups is 1. The molecule has 10 nitrogen and oxygen atoms in total. The number of hydrogen-bond donors (Lipinski definition) is 2. The third-order valence-corrected chi connectivity index (χ3v) is 6.41. The first-order chi connectivity index (χ1) is 16.5. The van der Waals surface area contributed by atoms with E-state index in [2.05, 4.69) is 20.3 Å². The number of nitrogens with one attached hydrogen (secondary N) is 1. The van der Waals surface area contributed by atoms with Crippen LogP contribution in [-0.2, 0) is 4.74 Å². The lowest BCUT2D eigenvalue weighted by Gasteiger charge is -2.25. The summed E-state index contributed by atoms with van der Waals surface area (Å²) in [5.41, 5.74) is 4.08. The fraction of sp³-hybridized carbons (Fsp3) is 0.333. The number of esters is 1. The molecule has 4 heterocycles. The fourth-order valence-electron chi connectivity index (χ4n) is 4.44. The minimum Gasteiger partial charge on any atom is -0.465 e. The molecule has 10 heteroatoms. The maximum Gasteiger partial charge on any atom is 0.338 e. The van der Waals surface area contributed by atoms with Crippen LogP contribution in [0.15, 0.2) is 43.0 Å². The average molecular weight is 462 g/mol. The molecule has 0 aliphatic carbocycles. The summed E-state index contributed by atoms with van der Waals surface area (Å²) < 4.78 is 8.54. The molecule has 0 spiro atoms. The van der Waals surface area contributed by atoms with E-state index in [0.29, 0.717) is 17.3 Å². The van der Waals surface area contributed by atoms with Gasteiger partial charge in [0.1, 0.15) is 11.8 Å². The number of anilines is 3. The van der Waals surface area contributed by atoms with Crippen molar-refractivity contribution in [3.05, 3.63) is 59.7 Å². The number of benzene rings is 1. The molecule has 4 aromatic rings. The topological polar surface area (TPSA) is 110 Å². The number of aliphatic hydroxyl groups excluding tert-OH is 1. The number of nitrogens with zero attached hydrogens (tertiary/aromatic N) is 6. The fourth-order valence-corrected chi connectivity index (χ4v) is 4.44. The summed E-state index contributed by atoms with van der Waals surface area (Å²) in [6, 6.07) is 7.74. The molecule has 0 saturated carbocycles. The predicted molar refractivity (Wildman–Crippen MR) is 128 cm³/mol. The lowest BCUT2D eigenvalue weighted by molar-refractivity contribution is 0.0599. The molecule has 1 aliphatic heterocycles. The second-order valence-corrected chi connectivity index (χ2v) is 8.49. The van der Waals surface area contributed by atoms with Crippen molar-refractivity contribution in [3.63, 3.8) is 0 Å². The zero-order valence-corrected chi connectivity index (χ0v) is 19.4. The van der Waals surface area contributed by atoms with Crippen LogP contribution >= 0.6 is 0 Å². The standard InChI is InChI=1S/C24H27N7O3/c1-15-10-18(11-19(16(15)2)23(33)34-3)29-12-21(25-14-29)26-24-27-22(20-7-5-9-31(20)28-24)30-8-4-6-17(30)13-32/h5,7,9-12,14,17,32H,4,6,8,13H2,1-3H3,(H,26,28)/t17-/m0/s1. The third-order valence-electron chi connectivity index (χ3n) is 6.41. The summed E-state index contributed by atoms with van der Waals surface area (Å²) in [6.45, 7) is 4.79. The maximum absolute atomic E-state index is 12.2. The SMILES string of the molecule is COC(=O)c1cc(-n2cnc(Nc3nc(N4CCC[C@H]4CO)c4cccn4n3)c2)cc(C)c1C. The molecular weight excluding hydrogens is 434 g/mol. The van der Waals surface area contributed by atoms with E-state index in [-0.39, 0.29) is 18.6 Å². The Labute approximate surface area is 196 Å². The van der Waals surface area contributed by atoms with Crippen LogP contribution in [0.25, 0.3) is 11.2 Å². The van der Waals surface area contributed by atoms with Gasteiger partial charge in [-0.15, -0.1) is 5.10 Å². The first kappa shape index (κ1) is 21.9. The van der Waals surface area contributed by atoms with Crippen LogP contribution < -0.4 is 10.2 Å². The van der Waals surface area contributed by atoms with E-state index in [4.69, 9.17) is 9.72 Å². The number of carbonyl (C=O) groups is 1. The first-order valence-electron chi connectivity index (χ1n) is 11.2. The van der Waals surface area contributed by atoms with Gasteiger partial charge in [0.2, 0.25) is 5.95 Å². The lowest BCUT2D eigenvalue weighted by atomic mass is 10.0. The number of imidazole rings is 1. The molecule has 3 aromatic heterocycles. The maximum atomic E-state index is 12.2. The lowest BCUT2D eigenvalue weighted by Crippen LogP contribution is -2.33. The van der Waals surface area contributed by atoms with Crippen molar-refractivity contribution in [2.45, 2.75) is 32.7 Å². The monoisotopic (exact) mass is 461 g/mol. The van der Waals surface area contributed by atoms with Crippen LogP contribution in [0.1, 0.15) is 34.3 Å². The largest absolute Gasteiger partial charge is 0.465 e. The quantitative estimate of drug-likeness (QED) is 0.422. The molecule has 1 fully saturated rings. The van der Waals surface area contributed by atoms with Gasteiger partial charge < -0.3 is 24.6 Å². The Kier molecular flexibility index (Phi) is 5.66. The number of fused-ring (bicyclic) bond motifs is 1. The van der Waals surface area contributed by atoms with E-state index in [1.165, 1.54) is 7.11 Å². The highest BCUT2D eigenvalue weighted by Gasteiger charge is 2.27. The van der Waals surface area contributed by atoms with E-state index >= 15 is 0 Å². The van der Waals surface area contributed by atoms with Crippen molar-refractivity contribution < 1.29 is 14.6 Å². The highest BCUT2D eigenvalue weighted by atomic mass is 16.5. The molecule has 176 valence electrons. The van der Waals surface area contributed by atoms with Crippen molar-refractivity contribution in [1.82, 2.24) is 24.1 Å². The molecule has 5 rings (SSSR count). The summed E-state index contributed by atoms with van der Waals surface area (Å²) in [6.07, 6.45) is 7.31. The second-order valence-electron chi connectivity index (χ2n) is 8.49. The van der Waals surface area contributed by atoms with Gasteiger partial charge in [0, 0.05) is 18.4 Å². The van der Waals surface area contributed by atoms with Crippen molar-refractivity contribution in [2.75, 3.05) is 30.5 Å². The van der Waals surface area contributed by atoms with E-state index in [9.17, 15) is 9.90 Å². The molecule has 0 bridgehead atoms. The van der Waals surface area contributed by atoms with Gasteiger partial charge in [-0.2, -0.15) is 4.98 Å². The smallest absolute Gasteiger partial charge is 0.338 e. The number of aryl methyl sites for hydroxylation is 1. The molecule has 1 aromatic carbocycles. The van der Waals surface area contributed by atoms with E-state index in [1.807, 2.05) is 49.0 Å². The van der Waals surface area contributed by atoms with E-state index < -0.39 is 0 Å². The highest BCUT2D eigenvalue weighted by molar-refractivity contribution is 5.92. The van der Waals surface area contributed by atoms with E-state index in [1.54, 1.807) is 16.9 Å². The highest BCUT2D eigenvalue weighted by Crippen LogP contribution is 2.29. The predicted octanol–water partition coefficient (Wildman–Crippen LogP) is 3.02. The van der Waals surface area contributed by atoms with Crippen LogP contribution in [0.3, 0.4) is 0 Å². The Morgan fingerprint density at radius 2 is 2.18 bits per heavy atom. The Morgan fingerprint density at radius 3 is 2.97 bits per heavy atom. The van der Waals surface area contributed by atoms with Gasteiger partial charge in [-0.3, -0.25) is 0 Å².